The Hall–Kier alpha value is -2.16. The van der Waals surface area contributed by atoms with E-state index in [-0.39, 0.29) is 11.3 Å². The number of fused-ring (bicyclic) bond motifs is 2. The van der Waals surface area contributed by atoms with Crippen molar-refractivity contribution in [2.75, 3.05) is 0 Å². The first-order valence-corrected chi connectivity index (χ1v) is 10.6. The molecule has 0 fully saturated rings. The van der Waals surface area contributed by atoms with Crippen LogP contribution in [0, 0.1) is 0 Å². The molecule has 0 aliphatic heterocycles. The molecule has 0 aliphatic carbocycles. The molecule has 0 amide bonds. The first-order valence-electron chi connectivity index (χ1n) is 9.85. The van der Waals surface area contributed by atoms with Gasteiger partial charge in [-0.3, -0.25) is 9.97 Å². The predicted octanol–water partition coefficient (Wildman–Crippen LogP) is 7.73. The Morgan fingerprint density at radius 3 is 2.48 bits per heavy atom. The van der Waals surface area contributed by atoms with E-state index in [1.807, 2.05) is 36.7 Å². The van der Waals surface area contributed by atoms with Crippen molar-refractivity contribution in [3.63, 3.8) is 0 Å². The van der Waals surface area contributed by atoms with Crippen molar-refractivity contribution >= 4 is 45.0 Å². The Morgan fingerprint density at radius 1 is 0.931 bits per heavy atom. The van der Waals surface area contributed by atoms with Crippen LogP contribution in [0.4, 0.5) is 0 Å². The Morgan fingerprint density at radius 2 is 1.72 bits per heavy atom. The largest absolute Gasteiger partial charge is 0.256 e. The Bertz CT molecular complexity index is 1210. The third-order valence-electron chi connectivity index (χ3n) is 5.47. The summed E-state index contributed by atoms with van der Waals surface area (Å²) in [6.07, 6.45) is 4.75. The summed E-state index contributed by atoms with van der Waals surface area (Å²) >= 11 is 12.9. The SMILES string of the molecule is CC(Cc1cc(Cl)c2ncc(C(C)(C)C)cc2c1)c1cnc2cccc(Cl)c2c1. The molecule has 2 aromatic carbocycles. The zero-order chi connectivity index (χ0) is 20.8. The molecule has 0 saturated carbocycles. The maximum Gasteiger partial charge on any atom is 0.0888 e. The van der Waals surface area contributed by atoms with E-state index in [2.05, 4.69) is 55.9 Å². The minimum Gasteiger partial charge on any atom is -0.256 e. The summed E-state index contributed by atoms with van der Waals surface area (Å²) in [5.74, 6) is 0.287. The van der Waals surface area contributed by atoms with Gasteiger partial charge in [0.25, 0.3) is 0 Å². The molecule has 2 aromatic heterocycles. The second-order valence-electron chi connectivity index (χ2n) is 8.80. The number of pyridine rings is 2. The molecule has 0 saturated heterocycles. The summed E-state index contributed by atoms with van der Waals surface area (Å²) in [6, 6.07) is 14.4. The highest BCUT2D eigenvalue weighted by Crippen LogP contribution is 2.32. The number of rotatable bonds is 3. The van der Waals surface area contributed by atoms with Crippen LogP contribution in [-0.2, 0) is 11.8 Å². The zero-order valence-corrected chi connectivity index (χ0v) is 18.6. The van der Waals surface area contributed by atoms with Gasteiger partial charge >= 0.3 is 0 Å². The fourth-order valence-corrected chi connectivity index (χ4v) is 4.18. The van der Waals surface area contributed by atoms with Crippen molar-refractivity contribution in [3.05, 3.63) is 81.6 Å². The van der Waals surface area contributed by atoms with E-state index in [0.717, 1.165) is 33.2 Å². The lowest BCUT2D eigenvalue weighted by Gasteiger charge is -2.19. The molecular formula is C25H24Cl2N2. The minimum atomic E-state index is 0.0486. The van der Waals surface area contributed by atoms with Gasteiger partial charge in [0.1, 0.15) is 0 Å². The summed E-state index contributed by atoms with van der Waals surface area (Å²) in [4.78, 5) is 9.20. The normalized spacial score (nSPS) is 13.2. The van der Waals surface area contributed by atoms with Crippen molar-refractivity contribution in [2.45, 2.75) is 45.4 Å². The van der Waals surface area contributed by atoms with Gasteiger partial charge in [-0.2, -0.15) is 0 Å². The predicted molar refractivity (Wildman–Crippen MR) is 124 cm³/mol. The van der Waals surface area contributed by atoms with Gasteiger partial charge in [0.2, 0.25) is 0 Å². The van der Waals surface area contributed by atoms with Crippen LogP contribution in [-0.4, -0.2) is 9.97 Å². The van der Waals surface area contributed by atoms with Crippen LogP contribution >= 0.6 is 23.2 Å². The van der Waals surface area contributed by atoms with Crippen LogP contribution in [0.3, 0.4) is 0 Å². The van der Waals surface area contributed by atoms with Crippen LogP contribution in [0.2, 0.25) is 10.0 Å². The first-order chi connectivity index (χ1) is 13.7. The van der Waals surface area contributed by atoms with Gasteiger partial charge in [0.15, 0.2) is 0 Å². The topological polar surface area (TPSA) is 25.8 Å². The second-order valence-corrected chi connectivity index (χ2v) is 9.62. The number of aromatic nitrogens is 2. The number of hydrogen-bond donors (Lipinski definition) is 0. The summed E-state index contributed by atoms with van der Waals surface area (Å²) in [7, 11) is 0. The molecular weight excluding hydrogens is 399 g/mol. The molecule has 29 heavy (non-hydrogen) atoms. The second kappa shape index (κ2) is 7.59. The number of halogens is 2. The van der Waals surface area contributed by atoms with Crippen LogP contribution in [0.5, 0.6) is 0 Å². The van der Waals surface area contributed by atoms with Gasteiger partial charge in [-0.15, -0.1) is 0 Å². The van der Waals surface area contributed by atoms with E-state index in [1.165, 1.54) is 16.7 Å². The highest BCUT2D eigenvalue weighted by Gasteiger charge is 2.16. The van der Waals surface area contributed by atoms with Crippen molar-refractivity contribution in [1.29, 1.82) is 0 Å². The smallest absolute Gasteiger partial charge is 0.0888 e. The molecule has 1 atom stereocenters. The molecule has 0 N–H and O–H groups in total. The molecule has 2 nitrogen and oxygen atoms in total. The van der Waals surface area contributed by atoms with Crippen LogP contribution in [0.1, 0.15) is 50.3 Å². The zero-order valence-electron chi connectivity index (χ0n) is 17.1. The standard InChI is InChI=1S/C25H24Cl2N2/c1-15(18-12-20-21(26)6-5-7-23(20)28-13-18)8-16-9-17-11-19(25(2,3)4)14-29-24(17)22(27)10-16/h5-7,9-15H,8H2,1-4H3. The van der Waals surface area contributed by atoms with Crippen LogP contribution < -0.4 is 0 Å². The average Bonchev–Trinajstić information content (AvgIpc) is 2.67. The van der Waals surface area contributed by atoms with Gasteiger partial charge in [0.05, 0.1) is 16.1 Å². The van der Waals surface area contributed by atoms with E-state index < -0.39 is 0 Å². The number of nitrogens with zero attached hydrogens (tertiary/aromatic N) is 2. The molecule has 0 aliphatic rings. The lowest BCUT2D eigenvalue weighted by molar-refractivity contribution is 0.588. The third-order valence-corrected chi connectivity index (χ3v) is 6.08. The lowest BCUT2D eigenvalue weighted by Crippen LogP contribution is -2.11. The lowest BCUT2D eigenvalue weighted by atomic mass is 9.87. The maximum atomic E-state index is 6.56. The fraction of sp³-hybridized carbons (Fsp3) is 0.280. The van der Waals surface area contributed by atoms with Gasteiger partial charge in [0, 0.05) is 28.2 Å². The van der Waals surface area contributed by atoms with Gasteiger partial charge in [-0.1, -0.05) is 57.0 Å². The van der Waals surface area contributed by atoms with Gasteiger partial charge in [-0.05, 0) is 70.8 Å². The van der Waals surface area contributed by atoms with Crippen LogP contribution in [0.25, 0.3) is 21.8 Å². The van der Waals surface area contributed by atoms with Crippen molar-refractivity contribution in [3.8, 4) is 0 Å². The van der Waals surface area contributed by atoms with E-state index in [1.54, 1.807) is 0 Å². The molecule has 0 spiro atoms. The molecule has 2 heterocycles. The van der Waals surface area contributed by atoms with Gasteiger partial charge in [-0.25, -0.2) is 0 Å². The van der Waals surface area contributed by atoms with Crippen LogP contribution in [0.15, 0.2) is 54.9 Å². The average molecular weight is 423 g/mol. The van der Waals surface area contributed by atoms with Crippen molar-refractivity contribution in [2.24, 2.45) is 0 Å². The van der Waals surface area contributed by atoms with E-state index in [9.17, 15) is 0 Å². The molecule has 4 aromatic rings. The summed E-state index contributed by atoms with van der Waals surface area (Å²) in [5, 5.41) is 3.52. The summed E-state index contributed by atoms with van der Waals surface area (Å²) < 4.78 is 0. The molecule has 148 valence electrons. The van der Waals surface area contributed by atoms with Crippen molar-refractivity contribution < 1.29 is 0 Å². The summed E-state index contributed by atoms with van der Waals surface area (Å²) in [6.45, 7) is 8.80. The highest BCUT2D eigenvalue weighted by atomic mass is 35.5. The maximum absolute atomic E-state index is 6.56. The molecule has 4 rings (SSSR count). The van der Waals surface area contributed by atoms with E-state index >= 15 is 0 Å². The molecule has 0 bridgehead atoms. The molecule has 4 heteroatoms. The number of benzene rings is 2. The third kappa shape index (κ3) is 4.10. The Balaban J connectivity index is 1.69. The molecule has 0 radical (unpaired) electrons. The Labute approximate surface area is 181 Å². The highest BCUT2D eigenvalue weighted by molar-refractivity contribution is 6.35. The fourth-order valence-electron chi connectivity index (χ4n) is 3.66. The summed E-state index contributed by atoms with van der Waals surface area (Å²) in [5.41, 5.74) is 5.40. The van der Waals surface area contributed by atoms with Gasteiger partial charge < -0.3 is 0 Å². The quantitative estimate of drug-likeness (QED) is 0.337. The first kappa shape index (κ1) is 20.1. The van der Waals surface area contributed by atoms with E-state index in [0.29, 0.717) is 5.02 Å². The number of hydrogen-bond acceptors (Lipinski definition) is 2. The Kier molecular flexibility index (Phi) is 5.27. The minimum absolute atomic E-state index is 0.0486. The molecule has 1 unspecified atom stereocenters. The van der Waals surface area contributed by atoms with E-state index in [4.69, 9.17) is 23.2 Å². The monoisotopic (exact) mass is 422 g/mol. The van der Waals surface area contributed by atoms with Crippen molar-refractivity contribution in [1.82, 2.24) is 9.97 Å².